The van der Waals surface area contributed by atoms with Crippen molar-refractivity contribution in [1.29, 1.82) is 0 Å². The zero-order valence-electron chi connectivity index (χ0n) is 17.2. The predicted molar refractivity (Wildman–Crippen MR) is 116 cm³/mol. The van der Waals surface area contributed by atoms with E-state index in [1.807, 2.05) is 0 Å². The van der Waals surface area contributed by atoms with Gasteiger partial charge in [0.2, 0.25) is 5.88 Å². The average molecular weight is 545 g/mol. The van der Waals surface area contributed by atoms with Crippen molar-refractivity contribution in [2.24, 2.45) is 4.99 Å². The van der Waals surface area contributed by atoms with Crippen molar-refractivity contribution in [3.8, 4) is 5.88 Å². The van der Waals surface area contributed by atoms with E-state index < -0.39 is 18.4 Å². The second-order valence-corrected chi connectivity index (χ2v) is 7.52. The summed E-state index contributed by atoms with van der Waals surface area (Å²) in [5.41, 5.74) is -0.0910. The van der Waals surface area contributed by atoms with Gasteiger partial charge in [-0.15, -0.1) is 24.0 Å². The minimum absolute atomic E-state index is 0. The maximum Gasteiger partial charge on any atom is 0.422 e. The molecule has 0 unspecified atom stereocenters. The van der Waals surface area contributed by atoms with E-state index in [1.165, 1.54) is 6.20 Å². The van der Waals surface area contributed by atoms with E-state index in [9.17, 15) is 18.0 Å². The third-order valence-electron chi connectivity index (χ3n) is 3.77. The Hall–Kier alpha value is -1.99. The highest BCUT2D eigenvalue weighted by Crippen LogP contribution is 2.20. The van der Waals surface area contributed by atoms with Gasteiger partial charge in [0.15, 0.2) is 12.6 Å². The molecule has 2 heterocycles. The summed E-state index contributed by atoms with van der Waals surface area (Å²) in [5, 5.41) is 6.15. The van der Waals surface area contributed by atoms with Crippen LogP contribution in [0.5, 0.6) is 5.88 Å². The quantitative estimate of drug-likeness (QED) is 0.336. The SMILES string of the molecule is CN=C(NCc1cccnc1OCC(F)(F)F)NC1CN(C(=O)OC(C)(C)C)C1.I. The van der Waals surface area contributed by atoms with Gasteiger partial charge < -0.3 is 25.0 Å². The summed E-state index contributed by atoms with van der Waals surface area (Å²) in [4.78, 5) is 21.5. The number of aliphatic imine (C=N–C) groups is 1. The Balaban J connectivity index is 0.00000450. The number of hydrogen-bond donors (Lipinski definition) is 2. The van der Waals surface area contributed by atoms with Gasteiger partial charge in [0.25, 0.3) is 0 Å². The predicted octanol–water partition coefficient (Wildman–Crippen LogP) is 2.93. The number of carbonyl (C=O) groups excluding carboxylic acids is 1. The fourth-order valence-electron chi connectivity index (χ4n) is 2.45. The lowest BCUT2D eigenvalue weighted by Crippen LogP contribution is -2.63. The fraction of sp³-hybridized carbons (Fsp3) is 0.611. The Bertz CT molecular complexity index is 735. The Kier molecular flexibility index (Phi) is 9.43. The maximum atomic E-state index is 12.4. The van der Waals surface area contributed by atoms with Crippen LogP contribution in [0, 0.1) is 0 Å². The van der Waals surface area contributed by atoms with Crippen LogP contribution in [0.3, 0.4) is 0 Å². The van der Waals surface area contributed by atoms with Crippen LogP contribution in [0.4, 0.5) is 18.0 Å². The van der Waals surface area contributed by atoms with Gasteiger partial charge in [0.05, 0.1) is 6.04 Å². The molecule has 1 aliphatic rings. The van der Waals surface area contributed by atoms with Crippen molar-refractivity contribution in [3.05, 3.63) is 23.9 Å². The molecule has 1 aliphatic heterocycles. The maximum absolute atomic E-state index is 12.4. The second-order valence-electron chi connectivity index (χ2n) is 7.52. The number of alkyl halides is 3. The molecule has 1 amide bonds. The topological polar surface area (TPSA) is 88.1 Å². The molecule has 0 aliphatic carbocycles. The Morgan fingerprint density at radius 1 is 1.33 bits per heavy atom. The van der Waals surface area contributed by atoms with Gasteiger partial charge in [-0.25, -0.2) is 9.78 Å². The molecule has 30 heavy (non-hydrogen) atoms. The first-order chi connectivity index (χ1) is 13.5. The molecule has 1 aromatic rings. The molecule has 8 nitrogen and oxygen atoms in total. The van der Waals surface area contributed by atoms with Gasteiger partial charge in [-0.2, -0.15) is 13.2 Å². The smallest absolute Gasteiger partial charge is 0.422 e. The highest BCUT2D eigenvalue weighted by atomic mass is 127. The van der Waals surface area contributed by atoms with E-state index in [1.54, 1.807) is 44.9 Å². The van der Waals surface area contributed by atoms with Gasteiger partial charge in [0.1, 0.15) is 5.60 Å². The summed E-state index contributed by atoms with van der Waals surface area (Å²) in [5.74, 6) is 0.358. The van der Waals surface area contributed by atoms with E-state index in [-0.39, 0.29) is 48.5 Å². The molecule has 2 rings (SSSR count). The van der Waals surface area contributed by atoms with E-state index in [2.05, 4.69) is 20.6 Å². The summed E-state index contributed by atoms with van der Waals surface area (Å²) in [6.45, 7) is 5.09. The van der Waals surface area contributed by atoms with E-state index in [0.29, 0.717) is 24.6 Å². The van der Waals surface area contributed by atoms with Crippen LogP contribution in [0.2, 0.25) is 0 Å². The summed E-state index contributed by atoms with van der Waals surface area (Å²) in [7, 11) is 1.57. The molecule has 0 saturated carbocycles. The number of likely N-dealkylation sites (tertiary alicyclic amines) is 1. The number of amides is 1. The zero-order chi connectivity index (χ0) is 21.7. The highest BCUT2D eigenvalue weighted by Gasteiger charge is 2.34. The number of carbonyl (C=O) groups is 1. The van der Waals surface area contributed by atoms with Crippen LogP contribution in [-0.4, -0.2) is 66.5 Å². The first kappa shape index (κ1) is 26.0. The summed E-state index contributed by atoms with van der Waals surface area (Å²) in [6, 6.07) is 3.22. The third kappa shape index (κ3) is 8.79. The van der Waals surface area contributed by atoms with Crippen LogP contribution in [-0.2, 0) is 11.3 Å². The number of guanidine groups is 1. The van der Waals surface area contributed by atoms with Gasteiger partial charge in [-0.3, -0.25) is 4.99 Å². The van der Waals surface area contributed by atoms with Gasteiger partial charge >= 0.3 is 12.3 Å². The van der Waals surface area contributed by atoms with E-state index in [0.717, 1.165) is 0 Å². The van der Waals surface area contributed by atoms with Crippen molar-refractivity contribution in [3.63, 3.8) is 0 Å². The van der Waals surface area contributed by atoms with Crippen LogP contribution in [0.25, 0.3) is 0 Å². The van der Waals surface area contributed by atoms with Crippen LogP contribution < -0.4 is 15.4 Å². The number of ether oxygens (including phenoxy) is 2. The molecular weight excluding hydrogens is 518 g/mol. The van der Waals surface area contributed by atoms with E-state index in [4.69, 9.17) is 9.47 Å². The molecular formula is C18H27F3IN5O3. The summed E-state index contributed by atoms with van der Waals surface area (Å²) >= 11 is 0. The zero-order valence-corrected chi connectivity index (χ0v) is 19.6. The molecule has 12 heteroatoms. The van der Waals surface area contributed by atoms with Crippen molar-refractivity contribution >= 4 is 36.0 Å². The Morgan fingerprint density at radius 2 is 2.00 bits per heavy atom. The highest BCUT2D eigenvalue weighted by molar-refractivity contribution is 14.0. The summed E-state index contributed by atoms with van der Waals surface area (Å²) in [6.07, 6.45) is -3.45. The lowest BCUT2D eigenvalue weighted by atomic mass is 10.1. The molecule has 1 saturated heterocycles. The largest absolute Gasteiger partial charge is 0.468 e. The molecule has 0 radical (unpaired) electrons. The van der Waals surface area contributed by atoms with Gasteiger partial charge in [-0.1, -0.05) is 6.07 Å². The number of rotatable bonds is 5. The van der Waals surface area contributed by atoms with Crippen molar-refractivity contribution < 1.29 is 27.4 Å². The van der Waals surface area contributed by atoms with Crippen molar-refractivity contribution in [2.45, 2.75) is 45.1 Å². The molecule has 2 N–H and O–H groups in total. The number of nitrogens with one attached hydrogen (secondary N) is 2. The van der Waals surface area contributed by atoms with Crippen LogP contribution in [0.15, 0.2) is 23.3 Å². The molecule has 0 bridgehead atoms. The normalized spacial score (nSPS) is 15.0. The van der Waals surface area contributed by atoms with Crippen LogP contribution in [0.1, 0.15) is 26.3 Å². The molecule has 170 valence electrons. The summed E-state index contributed by atoms with van der Waals surface area (Å²) < 4.78 is 47.2. The standard InChI is InChI=1S/C18H26F3N5O3.HI/c1-17(2,3)29-16(27)26-9-13(10-26)25-15(22-4)24-8-12-6-5-7-23-14(12)28-11-18(19,20)21;/h5-7,13H,8-11H2,1-4H3,(H2,22,24,25);1H. The minimum atomic E-state index is -4.44. The second kappa shape index (κ2) is 10.9. The lowest BCUT2D eigenvalue weighted by Gasteiger charge is -2.40. The number of aromatic nitrogens is 1. The molecule has 1 aromatic heterocycles. The lowest BCUT2D eigenvalue weighted by molar-refractivity contribution is -0.154. The fourth-order valence-corrected chi connectivity index (χ4v) is 2.45. The minimum Gasteiger partial charge on any atom is -0.468 e. The Morgan fingerprint density at radius 3 is 2.57 bits per heavy atom. The van der Waals surface area contributed by atoms with Crippen LogP contribution >= 0.6 is 24.0 Å². The first-order valence-corrected chi connectivity index (χ1v) is 9.05. The van der Waals surface area contributed by atoms with Crippen molar-refractivity contribution in [1.82, 2.24) is 20.5 Å². The third-order valence-corrected chi connectivity index (χ3v) is 3.77. The molecule has 0 atom stereocenters. The first-order valence-electron chi connectivity index (χ1n) is 9.05. The Labute approximate surface area is 190 Å². The molecule has 0 spiro atoms. The number of halogens is 4. The monoisotopic (exact) mass is 545 g/mol. The van der Waals surface area contributed by atoms with Gasteiger partial charge in [0, 0.05) is 38.4 Å². The van der Waals surface area contributed by atoms with Crippen molar-refractivity contribution in [2.75, 3.05) is 26.7 Å². The number of nitrogens with zero attached hydrogens (tertiary/aromatic N) is 3. The molecule has 1 fully saturated rings. The van der Waals surface area contributed by atoms with E-state index >= 15 is 0 Å². The average Bonchev–Trinajstić information content (AvgIpc) is 2.56. The number of pyridine rings is 1. The molecule has 0 aromatic carbocycles. The van der Waals surface area contributed by atoms with Gasteiger partial charge in [-0.05, 0) is 26.8 Å². The number of hydrogen-bond acceptors (Lipinski definition) is 5.